The molecule has 88 valence electrons. The molecule has 0 fully saturated rings. The number of rotatable bonds is 3. The number of nitrogens with two attached hydrogens (primary N) is 1. The maximum atomic E-state index is 5.97. The van der Waals surface area contributed by atoms with E-state index >= 15 is 0 Å². The van der Waals surface area contributed by atoms with E-state index in [0.717, 1.165) is 0 Å². The molecule has 0 saturated heterocycles. The number of nitrogen functional groups attached to an aromatic ring is 1. The fourth-order valence-electron chi connectivity index (χ4n) is 1.22. The zero-order valence-corrected chi connectivity index (χ0v) is 10.2. The molecular formula is C11H9Cl2N3O. The molecule has 0 radical (unpaired) electrons. The van der Waals surface area contributed by atoms with Gasteiger partial charge in [-0.2, -0.15) is 4.98 Å². The third-order valence-electron chi connectivity index (χ3n) is 1.98. The van der Waals surface area contributed by atoms with Gasteiger partial charge in [0.25, 0.3) is 0 Å². The molecule has 0 aliphatic carbocycles. The largest absolute Gasteiger partial charge is 0.437 e. The van der Waals surface area contributed by atoms with Gasteiger partial charge in [-0.1, -0.05) is 29.3 Å². The average molecular weight is 270 g/mol. The first kappa shape index (κ1) is 12.0. The lowest BCUT2D eigenvalue weighted by atomic mass is 10.3. The van der Waals surface area contributed by atoms with E-state index in [9.17, 15) is 0 Å². The first-order chi connectivity index (χ1) is 8.19. The molecule has 3 N–H and O–H groups in total. The van der Waals surface area contributed by atoms with Crippen LogP contribution in [0, 0.1) is 0 Å². The summed E-state index contributed by atoms with van der Waals surface area (Å²) < 4.78 is 5.51. The van der Waals surface area contributed by atoms with E-state index in [0.29, 0.717) is 27.5 Å². The Morgan fingerprint density at radius 1 is 1.18 bits per heavy atom. The van der Waals surface area contributed by atoms with E-state index in [1.165, 1.54) is 0 Å². The van der Waals surface area contributed by atoms with Gasteiger partial charge in [0.2, 0.25) is 5.88 Å². The number of anilines is 1. The third kappa shape index (κ3) is 3.00. The predicted molar refractivity (Wildman–Crippen MR) is 68.6 cm³/mol. The van der Waals surface area contributed by atoms with Crippen LogP contribution in [0.3, 0.4) is 0 Å². The number of ether oxygens (including phenoxy) is 1. The Labute approximate surface area is 108 Å². The van der Waals surface area contributed by atoms with Gasteiger partial charge in [0.1, 0.15) is 11.6 Å². The number of halogens is 2. The van der Waals surface area contributed by atoms with Gasteiger partial charge in [0, 0.05) is 17.2 Å². The number of benzene rings is 1. The predicted octanol–water partition coefficient (Wildman–Crippen LogP) is 3.47. The van der Waals surface area contributed by atoms with Crippen LogP contribution in [0.25, 0.3) is 0 Å². The molecule has 1 aromatic heterocycles. The van der Waals surface area contributed by atoms with E-state index in [4.69, 9.17) is 33.8 Å². The summed E-state index contributed by atoms with van der Waals surface area (Å²) >= 11 is 11.8. The monoisotopic (exact) mass is 269 g/mol. The summed E-state index contributed by atoms with van der Waals surface area (Å²) in [7, 11) is 0. The maximum Gasteiger partial charge on any atom is 0.221 e. The van der Waals surface area contributed by atoms with Crippen LogP contribution in [0.4, 0.5) is 5.82 Å². The standard InChI is InChI=1S/C11H9Cl2N3O/c12-7-4-5-8(13)9(6-7)17-11-3-1-2-10(15-11)16-14/h1-6H,14H2,(H,15,16). The number of nitrogens with zero attached hydrogens (tertiary/aromatic N) is 1. The van der Waals surface area contributed by atoms with E-state index in [-0.39, 0.29) is 0 Å². The molecule has 4 nitrogen and oxygen atoms in total. The first-order valence-corrected chi connectivity index (χ1v) is 5.51. The molecule has 0 spiro atoms. The molecule has 0 amide bonds. The fraction of sp³-hybridized carbons (Fsp3) is 0. The van der Waals surface area contributed by atoms with Gasteiger partial charge in [-0.15, -0.1) is 0 Å². The van der Waals surface area contributed by atoms with E-state index in [2.05, 4.69) is 10.4 Å². The van der Waals surface area contributed by atoms with Crippen LogP contribution < -0.4 is 16.0 Å². The highest BCUT2D eigenvalue weighted by atomic mass is 35.5. The molecule has 17 heavy (non-hydrogen) atoms. The molecule has 1 heterocycles. The molecule has 0 atom stereocenters. The minimum atomic E-state index is 0.379. The van der Waals surface area contributed by atoms with Crippen LogP contribution in [0.2, 0.25) is 10.0 Å². The highest BCUT2D eigenvalue weighted by Crippen LogP contribution is 2.31. The van der Waals surface area contributed by atoms with Crippen molar-refractivity contribution in [1.29, 1.82) is 0 Å². The quantitative estimate of drug-likeness (QED) is 0.662. The summed E-state index contributed by atoms with van der Waals surface area (Å²) in [4.78, 5) is 4.10. The number of hydrogen-bond donors (Lipinski definition) is 2. The minimum Gasteiger partial charge on any atom is -0.437 e. The highest BCUT2D eigenvalue weighted by Gasteiger charge is 2.05. The SMILES string of the molecule is NNc1cccc(Oc2cc(Cl)ccc2Cl)n1. The van der Waals surface area contributed by atoms with Crippen molar-refractivity contribution in [3.63, 3.8) is 0 Å². The Morgan fingerprint density at radius 3 is 2.76 bits per heavy atom. The number of pyridine rings is 1. The lowest BCUT2D eigenvalue weighted by molar-refractivity contribution is 0.464. The number of nitrogens with one attached hydrogen (secondary N) is 1. The molecule has 2 aromatic rings. The molecule has 0 bridgehead atoms. The Balaban J connectivity index is 2.27. The Bertz CT molecular complexity index is 534. The minimum absolute atomic E-state index is 0.379. The fourth-order valence-corrected chi connectivity index (χ4v) is 1.54. The second-order valence-electron chi connectivity index (χ2n) is 3.18. The van der Waals surface area contributed by atoms with Crippen LogP contribution in [0.1, 0.15) is 0 Å². The summed E-state index contributed by atoms with van der Waals surface area (Å²) in [5.74, 6) is 6.58. The van der Waals surface area contributed by atoms with Crippen LogP contribution in [-0.2, 0) is 0 Å². The topological polar surface area (TPSA) is 60.2 Å². The molecule has 0 saturated carbocycles. The van der Waals surface area contributed by atoms with Crippen molar-refractivity contribution in [2.24, 2.45) is 5.84 Å². The van der Waals surface area contributed by atoms with Crippen LogP contribution in [0.15, 0.2) is 36.4 Å². The lowest BCUT2D eigenvalue weighted by Crippen LogP contribution is -2.08. The summed E-state index contributed by atoms with van der Waals surface area (Å²) in [5, 5.41) is 1.000. The van der Waals surface area contributed by atoms with Gasteiger partial charge < -0.3 is 10.2 Å². The molecular weight excluding hydrogens is 261 g/mol. The Hall–Kier alpha value is -1.49. The normalized spacial score (nSPS) is 10.1. The lowest BCUT2D eigenvalue weighted by Gasteiger charge is -2.08. The van der Waals surface area contributed by atoms with Crippen molar-refractivity contribution in [2.45, 2.75) is 0 Å². The Morgan fingerprint density at radius 2 is 2.00 bits per heavy atom. The van der Waals surface area contributed by atoms with E-state index in [1.807, 2.05) is 0 Å². The van der Waals surface area contributed by atoms with Gasteiger partial charge in [0.15, 0.2) is 0 Å². The molecule has 0 aliphatic rings. The first-order valence-electron chi connectivity index (χ1n) is 4.75. The molecule has 2 rings (SSSR count). The van der Waals surface area contributed by atoms with Crippen molar-refractivity contribution in [3.05, 3.63) is 46.4 Å². The summed E-state index contributed by atoms with van der Waals surface area (Å²) in [6.45, 7) is 0. The van der Waals surface area contributed by atoms with Crippen LogP contribution in [0.5, 0.6) is 11.6 Å². The zero-order chi connectivity index (χ0) is 12.3. The second kappa shape index (κ2) is 5.23. The molecule has 0 unspecified atom stereocenters. The highest BCUT2D eigenvalue weighted by molar-refractivity contribution is 6.34. The number of aromatic nitrogens is 1. The van der Waals surface area contributed by atoms with Crippen molar-refractivity contribution < 1.29 is 4.74 Å². The summed E-state index contributed by atoms with van der Waals surface area (Å²) in [5.41, 5.74) is 2.43. The molecule has 0 aliphatic heterocycles. The van der Waals surface area contributed by atoms with Crippen LogP contribution >= 0.6 is 23.2 Å². The smallest absolute Gasteiger partial charge is 0.221 e. The number of hydrogen-bond acceptors (Lipinski definition) is 4. The number of hydrazine groups is 1. The van der Waals surface area contributed by atoms with Gasteiger partial charge in [-0.05, 0) is 18.2 Å². The van der Waals surface area contributed by atoms with Gasteiger partial charge in [-0.25, -0.2) is 5.84 Å². The zero-order valence-electron chi connectivity index (χ0n) is 8.65. The van der Waals surface area contributed by atoms with Crippen LogP contribution in [-0.4, -0.2) is 4.98 Å². The Kier molecular flexibility index (Phi) is 3.68. The third-order valence-corrected chi connectivity index (χ3v) is 2.53. The summed E-state index contributed by atoms with van der Waals surface area (Å²) in [6.07, 6.45) is 0. The van der Waals surface area contributed by atoms with Gasteiger partial charge in [0.05, 0.1) is 5.02 Å². The van der Waals surface area contributed by atoms with Crippen molar-refractivity contribution >= 4 is 29.0 Å². The van der Waals surface area contributed by atoms with Crippen molar-refractivity contribution in [1.82, 2.24) is 4.98 Å². The van der Waals surface area contributed by atoms with E-state index < -0.39 is 0 Å². The van der Waals surface area contributed by atoms with Gasteiger partial charge in [-0.3, -0.25) is 0 Å². The van der Waals surface area contributed by atoms with E-state index in [1.54, 1.807) is 36.4 Å². The maximum absolute atomic E-state index is 5.97. The molecule has 1 aromatic carbocycles. The van der Waals surface area contributed by atoms with Gasteiger partial charge >= 0.3 is 0 Å². The average Bonchev–Trinajstić information content (AvgIpc) is 2.34. The molecule has 6 heteroatoms. The van der Waals surface area contributed by atoms with Crippen molar-refractivity contribution in [2.75, 3.05) is 5.43 Å². The summed E-state index contributed by atoms with van der Waals surface area (Å²) in [6, 6.07) is 10.1. The second-order valence-corrected chi connectivity index (χ2v) is 4.03. The van der Waals surface area contributed by atoms with Crippen molar-refractivity contribution in [3.8, 4) is 11.6 Å².